The standard InChI is InChI=1S/C21H24FN2O2/c1-3-15-13-24(22)11-9-16(15)12-20(24)21(26-14(2)25)18-8-10-23-19-7-5-4-6-17(18)19/h3-8,10,15-16,20-21H,1,9,11-13H2,2H3/q+1/t15-,16-,20-,21+,24+/m0/s1. The number of hydrogen-bond acceptors (Lipinski definition) is 3. The van der Waals surface area contributed by atoms with Gasteiger partial charge in [-0.2, -0.15) is 0 Å². The number of carbonyl (C=O) groups is 1. The number of carbonyl (C=O) groups excluding carboxylic acids is 1. The quantitative estimate of drug-likeness (QED) is 0.470. The second kappa shape index (κ2) is 6.47. The van der Waals surface area contributed by atoms with Crippen LogP contribution < -0.4 is 0 Å². The van der Waals surface area contributed by atoms with Gasteiger partial charge < -0.3 is 4.74 Å². The first kappa shape index (κ1) is 17.2. The Balaban J connectivity index is 1.79. The van der Waals surface area contributed by atoms with Crippen molar-refractivity contribution >= 4 is 16.9 Å². The van der Waals surface area contributed by atoms with Gasteiger partial charge in [0.1, 0.15) is 13.1 Å². The van der Waals surface area contributed by atoms with Gasteiger partial charge in [0.15, 0.2) is 12.1 Å². The summed E-state index contributed by atoms with van der Waals surface area (Å²) in [5.74, 6) is 0.210. The van der Waals surface area contributed by atoms with Crippen molar-refractivity contribution < 1.29 is 18.7 Å². The van der Waals surface area contributed by atoms with E-state index < -0.39 is 10.8 Å². The van der Waals surface area contributed by atoms with Crippen molar-refractivity contribution in [1.82, 2.24) is 4.98 Å². The van der Waals surface area contributed by atoms with Gasteiger partial charge in [-0.1, -0.05) is 24.3 Å². The van der Waals surface area contributed by atoms with Gasteiger partial charge in [-0.05, 0) is 22.5 Å². The Bertz CT molecular complexity index is 850. The summed E-state index contributed by atoms with van der Waals surface area (Å²) < 4.78 is 21.1. The topological polar surface area (TPSA) is 39.2 Å². The maximum Gasteiger partial charge on any atom is 0.303 e. The lowest BCUT2D eigenvalue weighted by atomic mass is 9.73. The molecule has 5 atom stereocenters. The third-order valence-corrected chi connectivity index (χ3v) is 6.06. The average molecular weight is 355 g/mol. The molecule has 2 bridgehead atoms. The Morgan fingerprint density at radius 3 is 2.96 bits per heavy atom. The Labute approximate surface area is 152 Å². The van der Waals surface area contributed by atoms with Crippen molar-refractivity contribution in [2.75, 3.05) is 13.1 Å². The Morgan fingerprint density at radius 2 is 2.23 bits per heavy atom. The third-order valence-electron chi connectivity index (χ3n) is 6.06. The Kier molecular flexibility index (Phi) is 4.27. The van der Waals surface area contributed by atoms with Crippen LogP contribution in [0.3, 0.4) is 0 Å². The summed E-state index contributed by atoms with van der Waals surface area (Å²) in [6.07, 6.45) is 4.53. The highest BCUT2D eigenvalue weighted by Gasteiger charge is 2.57. The first-order valence-electron chi connectivity index (χ1n) is 9.21. The number of esters is 1. The molecular formula is C21H24FN2O2+. The van der Waals surface area contributed by atoms with Crippen LogP contribution in [0.2, 0.25) is 0 Å². The fourth-order valence-electron chi connectivity index (χ4n) is 4.81. The molecule has 0 spiro atoms. The molecule has 5 rings (SSSR count). The van der Waals surface area contributed by atoms with E-state index in [1.807, 2.05) is 36.4 Å². The zero-order chi connectivity index (χ0) is 18.3. The van der Waals surface area contributed by atoms with Gasteiger partial charge in [-0.3, -0.25) is 9.78 Å². The Morgan fingerprint density at radius 1 is 1.42 bits per heavy atom. The van der Waals surface area contributed by atoms with Crippen LogP contribution in [0.5, 0.6) is 0 Å². The van der Waals surface area contributed by atoms with Gasteiger partial charge >= 0.3 is 5.97 Å². The summed E-state index contributed by atoms with van der Waals surface area (Å²) >= 11 is 0. The molecule has 1 aromatic heterocycles. The number of rotatable bonds is 4. The van der Waals surface area contributed by atoms with E-state index in [0.29, 0.717) is 25.4 Å². The number of hydrogen-bond donors (Lipinski definition) is 0. The number of aromatic nitrogens is 1. The largest absolute Gasteiger partial charge is 0.451 e. The van der Waals surface area contributed by atoms with Gasteiger partial charge in [0, 0.05) is 42.8 Å². The molecule has 0 saturated carbocycles. The summed E-state index contributed by atoms with van der Waals surface area (Å²) in [7, 11) is 0. The van der Waals surface area contributed by atoms with Crippen LogP contribution in [-0.2, 0) is 9.53 Å². The molecule has 26 heavy (non-hydrogen) atoms. The van der Waals surface area contributed by atoms with E-state index in [9.17, 15) is 4.79 Å². The zero-order valence-corrected chi connectivity index (χ0v) is 15.0. The summed E-state index contributed by atoms with van der Waals surface area (Å²) in [4.78, 5) is 16.2. The summed E-state index contributed by atoms with van der Waals surface area (Å²) in [5.41, 5.74) is 1.67. The molecule has 5 heteroatoms. The van der Waals surface area contributed by atoms with Crippen LogP contribution in [0.25, 0.3) is 10.9 Å². The summed E-state index contributed by atoms with van der Waals surface area (Å²) in [5, 5.41) is 0.913. The molecule has 3 fully saturated rings. The SMILES string of the molecule is C=C[C@H]1C[N@+]2(F)CC[C@H]1C[C@H]2[C@H](OC(C)=O)c1ccnc2ccccc12. The number of pyridine rings is 1. The normalized spacial score (nSPS) is 31.5. The van der Waals surface area contributed by atoms with Gasteiger partial charge in [0.05, 0.1) is 5.52 Å². The number of piperidine rings is 3. The van der Waals surface area contributed by atoms with E-state index in [2.05, 4.69) is 11.6 Å². The van der Waals surface area contributed by atoms with Crippen LogP contribution >= 0.6 is 0 Å². The van der Waals surface area contributed by atoms with Crippen LogP contribution in [0, 0.1) is 11.8 Å². The van der Waals surface area contributed by atoms with Crippen molar-refractivity contribution in [1.29, 1.82) is 0 Å². The minimum absolute atomic E-state index is 0.192. The fourth-order valence-corrected chi connectivity index (χ4v) is 4.81. The molecule has 3 aliphatic heterocycles. The third kappa shape index (κ3) is 2.80. The number of fused-ring (bicyclic) bond motifs is 4. The highest BCUT2D eigenvalue weighted by molar-refractivity contribution is 5.82. The number of halogens is 1. The van der Waals surface area contributed by atoms with E-state index in [0.717, 1.165) is 22.9 Å². The van der Waals surface area contributed by atoms with Gasteiger partial charge in [-0.25, -0.2) is 0 Å². The lowest BCUT2D eigenvalue weighted by Crippen LogP contribution is -2.64. The maximum atomic E-state index is 15.9. The number of benzene rings is 1. The van der Waals surface area contributed by atoms with E-state index in [4.69, 9.17) is 4.74 Å². The second-order valence-electron chi connectivity index (χ2n) is 7.53. The van der Waals surface area contributed by atoms with Crippen molar-refractivity contribution in [3.05, 3.63) is 54.7 Å². The molecule has 136 valence electrons. The molecule has 2 aromatic rings. The molecule has 3 aliphatic rings. The highest BCUT2D eigenvalue weighted by Crippen LogP contribution is 2.48. The minimum Gasteiger partial charge on any atom is -0.451 e. The summed E-state index contributed by atoms with van der Waals surface area (Å²) in [6, 6.07) is 9.20. The number of para-hydroxylation sites is 1. The van der Waals surface area contributed by atoms with Crippen LogP contribution in [-0.4, -0.2) is 34.8 Å². The molecule has 0 unspecified atom stereocenters. The molecule has 4 heterocycles. The van der Waals surface area contributed by atoms with E-state index in [-0.39, 0.29) is 17.9 Å². The van der Waals surface area contributed by atoms with Crippen LogP contribution in [0.4, 0.5) is 4.48 Å². The first-order valence-corrected chi connectivity index (χ1v) is 9.21. The number of nitrogens with zero attached hydrogens (tertiary/aromatic N) is 2. The Hall–Kier alpha value is -2.27. The molecule has 4 nitrogen and oxygen atoms in total. The molecule has 1 aromatic carbocycles. The zero-order valence-electron chi connectivity index (χ0n) is 15.0. The molecule has 0 amide bonds. The molecule has 0 aliphatic carbocycles. The predicted molar refractivity (Wildman–Crippen MR) is 97.6 cm³/mol. The summed E-state index contributed by atoms with van der Waals surface area (Å²) in [6.45, 7) is 6.16. The first-order chi connectivity index (χ1) is 12.5. The van der Waals surface area contributed by atoms with Gasteiger partial charge in [0.25, 0.3) is 0 Å². The molecule has 0 radical (unpaired) electrons. The van der Waals surface area contributed by atoms with E-state index >= 15 is 4.48 Å². The lowest BCUT2D eigenvalue weighted by molar-refractivity contribution is -1.09. The monoisotopic (exact) mass is 355 g/mol. The van der Waals surface area contributed by atoms with Crippen molar-refractivity contribution in [3.8, 4) is 0 Å². The molecule has 3 saturated heterocycles. The number of quaternary nitrogens is 1. The van der Waals surface area contributed by atoms with Crippen molar-refractivity contribution in [2.45, 2.75) is 31.9 Å². The maximum absolute atomic E-state index is 15.9. The van der Waals surface area contributed by atoms with Gasteiger partial charge in [0.2, 0.25) is 0 Å². The van der Waals surface area contributed by atoms with Gasteiger partial charge in [-0.15, -0.1) is 11.3 Å². The van der Waals surface area contributed by atoms with Crippen LogP contribution in [0.15, 0.2) is 49.2 Å². The van der Waals surface area contributed by atoms with E-state index in [1.165, 1.54) is 6.92 Å². The van der Waals surface area contributed by atoms with Crippen LogP contribution in [0.1, 0.15) is 31.4 Å². The average Bonchev–Trinajstić information content (AvgIpc) is 2.65. The highest BCUT2D eigenvalue weighted by atomic mass is 19.2. The molecule has 0 N–H and O–H groups in total. The van der Waals surface area contributed by atoms with Crippen molar-refractivity contribution in [3.63, 3.8) is 0 Å². The number of ether oxygens (including phenoxy) is 1. The van der Waals surface area contributed by atoms with E-state index in [1.54, 1.807) is 6.20 Å². The lowest BCUT2D eigenvalue weighted by Gasteiger charge is -2.50. The fraction of sp³-hybridized carbons (Fsp3) is 0.429. The minimum atomic E-state index is -0.612. The second-order valence-corrected chi connectivity index (χ2v) is 7.53. The van der Waals surface area contributed by atoms with Crippen molar-refractivity contribution in [2.24, 2.45) is 11.8 Å². The smallest absolute Gasteiger partial charge is 0.303 e. The predicted octanol–water partition coefficient (Wildman–Crippen LogP) is 4.13. The molecular weight excluding hydrogens is 331 g/mol.